The third-order valence-corrected chi connectivity index (χ3v) is 6.37. The minimum Gasteiger partial charge on any atom is -0.491 e. The molecule has 1 aliphatic heterocycles. The predicted octanol–water partition coefficient (Wildman–Crippen LogP) is 3.33. The molecule has 0 spiro atoms. The Balaban J connectivity index is 1.91. The maximum Gasteiger partial charge on any atom is 0.195 e. The summed E-state index contributed by atoms with van der Waals surface area (Å²) in [5.41, 5.74) is 0.896. The van der Waals surface area contributed by atoms with E-state index in [1.54, 1.807) is 0 Å². The number of hydrogen-bond donors (Lipinski definition) is 2. The molecule has 0 amide bonds. The lowest BCUT2D eigenvalue weighted by Crippen LogP contribution is -2.33. The summed E-state index contributed by atoms with van der Waals surface area (Å²) >= 11 is 0. The first-order valence-corrected chi connectivity index (χ1v) is 12.7. The van der Waals surface area contributed by atoms with Crippen LogP contribution in [0.5, 0.6) is 5.75 Å². The van der Waals surface area contributed by atoms with Gasteiger partial charge in [0.05, 0.1) is 17.6 Å². The second-order valence-electron chi connectivity index (χ2n) is 8.52. The van der Waals surface area contributed by atoms with Crippen molar-refractivity contribution >= 4 is 21.5 Å². The molecular weight excluding hydrogens is 402 g/mol. The van der Waals surface area contributed by atoms with Gasteiger partial charge in [-0.3, -0.25) is 4.99 Å². The number of anilines is 1. The molecule has 7 nitrogen and oxygen atoms in total. The van der Waals surface area contributed by atoms with Gasteiger partial charge in [-0.05, 0) is 62.8 Å². The standard InChI is InChI=1S/C22H37N3O4S/c1-17(2)15-28-12-5-11-23-22(24-14-19-10-13-30(26,27)16-19)25-20-6-8-21(9-7-20)29-18(3)4/h6-9,17-19H,5,10-16H2,1-4H3,(H2,23,24,25). The van der Waals surface area contributed by atoms with E-state index < -0.39 is 9.84 Å². The molecule has 170 valence electrons. The number of benzene rings is 1. The molecule has 1 aromatic rings. The molecular formula is C22H37N3O4S. The SMILES string of the molecule is CC(C)COCCCNC(=NCC1CCS(=O)(=O)C1)Nc1ccc(OC(C)C)cc1. The molecule has 0 bridgehead atoms. The number of aliphatic imine (C=N–C) groups is 1. The van der Waals surface area contributed by atoms with Gasteiger partial charge in [0.15, 0.2) is 15.8 Å². The van der Waals surface area contributed by atoms with Crippen molar-refractivity contribution in [2.45, 2.75) is 46.6 Å². The third-order valence-electron chi connectivity index (χ3n) is 4.53. The molecule has 1 heterocycles. The zero-order valence-electron chi connectivity index (χ0n) is 18.7. The third kappa shape index (κ3) is 9.80. The van der Waals surface area contributed by atoms with Gasteiger partial charge in [0.2, 0.25) is 0 Å². The molecule has 1 fully saturated rings. The second kappa shape index (κ2) is 12.2. The van der Waals surface area contributed by atoms with Gasteiger partial charge in [-0.2, -0.15) is 0 Å². The van der Waals surface area contributed by atoms with Crippen molar-refractivity contribution in [2.75, 3.05) is 43.1 Å². The highest BCUT2D eigenvalue weighted by atomic mass is 32.2. The maximum atomic E-state index is 11.7. The Morgan fingerprint density at radius 1 is 1.20 bits per heavy atom. The predicted molar refractivity (Wildman–Crippen MR) is 123 cm³/mol. The van der Waals surface area contributed by atoms with Crippen LogP contribution in [0.1, 0.15) is 40.5 Å². The fraction of sp³-hybridized carbons (Fsp3) is 0.682. The van der Waals surface area contributed by atoms with Crippen molar-refractivity contribution in [3.8, 4) is 5.75 Å². The van der Waals surface area contributed by atoms with Crippen molar-refractivity contribution in [3.05, 3.63) is 24.3 Å². The molecule has 0 saturated carbocycles. The van der Waals surface area contributed by atoms with Crippen molar-refractivity contribution in [1.29, 1.82) is 0 Å². The first-order chi connectivity index (χ1) is 14.2. The smallest absolute Gasteiger partial charge is 0.195 e. The van der Waals surface area contributed by atoms with E-state index in [9.17, 15) is 8.42 Å². The minimum absolute atomic E-state index is 0.0878. The van der Waals surface area contributed by atoms with Crippen LogP contribution in [0.3, 0.4) is 0 Å². The summed E-state index contributed by atoms with van der Waals surface area (Å²) in [6.07, 6.45) is 1.68. The lowest BCUT2D eigenvalue weighted by molar-refractivity contribution is 0.108. The average molecular weight is 440 g/mol. The summed E-state index contributed by atoms with van der Waals surface area (Å²) in [7, 11) is -2.89. The summed E-state index contributed by atoms with van der Waals surface area (Å²) in [5, 5.41) is 6.63. The highest BCUT2D eigenvalue weighted by molar-refractivity contribution is 7.91. The fourth-order valence-electron chi connectivity index (χ4n) is 3.10. The van der Waals surface area contributed by atoms with Gasteiger partial charge in [-0.15, -0.1) is 0 Å². The molecule has 0 aliphatic carbocycles. The van der Waals surface area contributed by atoms with Gasteiger partial charge in [0.1, 0.15) is 5.75 Å². The van der Waals surface area contributed by atoms with E-state index in [0.29, 0.717) is 31.4 Å². The number of rotatable bonds is 11. The van der Waals surface area contributed by atoms with Crippen LogP contribution < -0.4 is 15.4 Å². The molecule has 8 heteroatoms. The number of sulfone groups is 1. The van der Waals surface area contributed by atoms with Gasteiger partial charge in [0.25, 0.3) is 0 Å². The van der Waals surface area contributed by atoms with E-state index in [-0.39, 0.29) is 23.5 Å². The summed E-state index contributed by atoms with van der Waals surface area (Å²) < 4.78 is 34.7. The van der Waals surface area contributed by atoms with Gasteiger partial charge in [0, 0.05) is 32.0 Å². The highest BCUT2D eigenvalue weighted by Gasteiger charge is 2.27. The largest absolute Gasteiger partial charge is 0.491 e. The molecule has 1 aliphatic rings. The second-order valence-corrected chi connectivity index (χ2v) is 10.8. The molecule has 2 N–H and O–H groups in total. The summed E-state index contributed by atoms with van der Waals surface area (Å²) in [5.74, 6) is 2.59. The monoisotopic (exact) mass is 439 g/mol. The van der Waals surface area contributed by atoms with Crippen LogP contribution in [-0.4, -0.2) is 58.3 Å². The Kier molecular flexibility index (Phi) is 9.91. The molecule has 1 atom stereocenters. The first kappa shape index (κ1) is 24.5. The normalized spacial score (nSPS) is 18.7. The Hall–Kier alpha value is -1.80. The van der Waals surface area contributed by atoms with Crippen molar-refractivity contribution in [3.63, 3.8) is 0 Å². The molecule has 1 aromatic carbocycles. The molecule has 1 unspecified atom stereocenters. The molecule has 2 rings (SSSR count). The van der Waals surface area contributed by atoms with Gasteiger partial charge in [-0.1, -0.05) is 13.8 Å². The number of hydrogen-bond acceptors (Lipinski definition) is 5. The number of guanidine groups is 1. The molecule has 1 saturated heterocycles. The van der Waals surface area contributed by atoms with E-state index in [1.807, 2.05) is 38.1 Å². The van der Waals surface area contributed by atoms with Crippen LogP contribution in [0, 0.1) is 11.8 Å². The lowest BCUT2D eigenvalue weighted by Gasteiger charge is -2.15. The minimum atomic E-state index is -2.89. The van der Waals surface area contributed by atoms with Crippen molar-refractivity contribution in [2.24, 2.45) is 16.8 Å². The Labute approximate surface area is 181 Å². The zero-order chi connectivity index (χ0) is 22.0. The van der Waals surface area contributed by atoms with Crippen molar-refractivity contribution in [1.82, 2.24) is 5.32 Å². The summed E-state index contributed by atoms with van der Waals surface area (Å²) in [6.45, 7) is 10.9. The van der Waals surface area contributed by atoms with Crippen molar-refractivity contribution < 1.29 is 17.9 Å². The Morgan fingerprint density at radius 2 is 1.93 bits per heavy atom. The Morgan fingerprint density at radius 3 is 2.53 bits per heavy atom. The highest BCUT2D eigenvalue weighted by Crippen LogP contribution is 2.19. The van der Waals surface area contributed by atoms with E-state index in [2.05, 4.69) is 29.5 Å². The van der Waals surface area contributed by atoms with Crippen LogP contribution in [0.4, 0.5) is 5.69 Å². The van der Waals surface area contributed by atoms with Crippen LogP contribution >= 0.6 is 0 Å². The van der Waals surface area contributed by atoms with E-state index in [0.717, 1.165) is 31.0 Å². The van der Waals surface area contributed by atoms with Gasteiger partial charge >= 0.3 is 0 Å². The zero-order valence-corrected chi connectivity index (χ0v) is 19.5. The molecule has 0 radical (unpaired) electrons. The Bertz CT molecular complexity index is 761. The number of nitrogens with zero attached hydrogens (tertiary/aromatic N) is 1. The maximum absolute atomic E-state index is 11.7. The molecule has 30 heavy (non-hydrogen) atoms. The lowest BCUT2D eigenvalue weighted by atomic mass is 10.1. The van der Waals surface area contributed by atoms with Crippen LogP contribution in [-0.2, 0) is 14.6 Å². The fourth-order valence-corrected chi connectivity index (χ4v) is 4.95. The van der Waals surface area contributed by atoms with E-state index in [4.69, 9.17) is 9.47 Å². The number of nitrogens with one attached hydrogen (secondary N) is 2. The quantitative estimate of drug-likeness (QED) is 0.312. The van der Waals surface area contributed by atoms with Gasteiger partial charge in [-0.25, -0.2) is 8.42 Å². The average Bonchev–Trinajstić information content (AvgIpc) is 3.02. The van der Waals surface area contributed by atoms with Crippen LogP contribution in [0.15, 0.2) is 29.3 Å². The first-order valence-electron chi connectivity index (χ1n) is 10.8. The molecule has 0 aromatic heterocycles. The summed E-state index contributed by atoms with van der Waals surface area (Å²) in [4.78, 5) is 4.64. The summed E-state index contributed by atoms with van der Waals surface area (Å²) in [6, 6.07) is 7.73. The van der Waals surface area contributed by atoms with Gasteiger partial charge < -0.3 is 20.1 Å². The van der Waals surface area contributed by atoms with E-state index in [1.165, 1.54) is 0 Å². The van der Waals surface area contributed by atoms with Crippen LogP contribution in [0.25, 0.3) is 0 Å². The van der Waals surface area contributed by atoms with Crippen LogP contribution in [0.2, 0.25) is 0 Å². The topological polar surface area (TPSA) is 89.0 Å². The number of ether oxygens (including phenoxy) is 2. The van der Waals surface area contributed by atoms with E-state index >= 15 is 0 Å².